The smallest absolute Gasteiger partial charge is 0.235 e. The molecule has 1 aliphatic rings. The third-order valence-corrected chi connectivity index (χ3v) is 2.21. The summed E-state index contributed by atoms with van der Waals surface area (Å²) in [6.45, 7) is 4.69. The molecule has 0 aromatic carbocycles. The van der Waals surface area contributed by atoms with Crippen LogP contribution in [-0.4, -0.2) is 29.8 Å². The molecule has 0 spiro atoms. The Morgan fingerprint density at radius 1 is 1.73 bits per heavy atom. The molecule has 1 heterocycles. The lowest BCUT2D eigenvalue weighted by Gasteiger charge is -2.29. The van der Waals surface area contributed by atoms with Crippen molar-refractivity contribution in [1.29, 1.82) is 0 Å². The number of hydrogen-bond acceptors (Lipinski definition) is 2. The Balaban J connectivity index is 2.28. The molecule has 0 aliphatic carbocycles. The SMILES string of the molecule is CC1CCCN(CC(=O)Cl)C1. The lowest BCUT2D eigenvalue weighted by atomic mass is 10.0. The van der Waals surface area contributed by atoms with Crippen molar-refractivity contribution in [2.45, 2.75) is 19.8 Å². The van der Waals surface area contributed by atoms with Gasteiger partial charge in [-0.1, -0.05) is 6.92 Å². The van der Waals surface area contributed by atoms with E-state index in [0.29, 0.717) is 6.54 Å². The Hall–Kier alpha value is -0.0800. The first-order chi connectivity index (χ1) is 5.18. The van der Waals surface area contributed by atoms with Gasteiger partial charge in [0, 0.05) is 6.54 Å². The van der Waals surface area contributed by atoms with Crippen molar-refractivity contribution in [3.8, 4) is 0 Å². The summed E-state index contributed by atoms with van der Waals surface area (Å²) in [5.41, 5.74) is 0. The van der Waals surface area contributed by atoms with Gasteiger partial charge in [-0.3, -0.25) is 9.69 Å². The maximum atomic E-state index is 10.5. The normalized spacial score (nSPS) is 26.9. The quantitative estimate of drug-likeness (QED) is 0.593. The molecule has 1 unspecified atom stereocenters. The fraction of sp³-hybridized carbons (Fsp3) is 0.875. The number of halogens is 1. The summed E-state index contributed by atoms with van der Waals surface area (Å²) in [5.74, 6) is 0.722. The van der Waals surface area contributed by atoms with E-state index >= 15 is 0 Å². The van der Waals surface area contributed by atoms with Crippen molar-refractivity contribution in [1.82, 2.24) is 4.90 Å². The lowest BCUT2D eigenvalue weighted by Crippen LogP contribution is -2.36. The van der Waals surface area contributed by atoms with E-state index < -0.39 is 0 Å². The molecule has 0 aromatic rings. The van der Waals surface area contributed by atoms with Gasteiger partial charge in [0.15, 0.2) is 0 Å². The molecule has 0 aromatic heterocycles. The average molecular weight is 176 g/mol. The highest BCUT2D eigenvalue weighted by molar-refractivity contribution is 6.64. The largest absolute Gasteiger partial charge is 0.295 e. The highest BCUT2D eigenvalue weighted by Crippen LogP contribution is 2.14. The van der Waals surface area contributed by atoms with Crippen molar-refractivity contribution in [3.63, 3.8) is 0 Å². The van der Waals surface area contributed by atoms with Crippen LogP contribution in [0.4, 0.5) is 0 Å². The molecular weight excluding hydrogens is 162 g/mol. The molecule has 1 atom stereocenters. The van der Waals surface area contributed by atoms with Gasteiger partial charge in [0.2, 0.25) is 5.24 Å². The van der Waals surface area contributed by atoms with E-state index in [4.69, 9.17) is 11.6 Å². The Labute approximate surface area is 72.5 Å². The van der Waals surface area contributed by atoms with Crippen LogP contribution in [0, 0.1) is 5.92 Å². The van der Waals surface area contributed by atoms with Crippen molar-refractivity contribution < 1.29 is 4.79 Å². The molecule has 0 bridgehead atoms. The van der Waals surface area contributed by atoms with E-state index in [2.05, 4.69) is 11.8 Å². The van der Waals surface area contributed by atoms with Crippen LogP contribution in [-0.2, 0) is 4.79 Å². The van der Waals surface area contributed by atoms with Crippen molar-refractivity contribution in [2.24, 2.45) is 5.92 Å². The summed E-state index contributed by atoms with van der Waals surface area (Å²) < 4.78 is 0. The maximum Gasteiger partial charge on any atom is 0.235 e. The number of rotatable bonds is 2. The summed E-state index contributed by atoms with van der Waals surface area (Å²) in [6.07, 6.45) is 2.48. The second-order valence-corrected chi connectivity index (χ2v) is 3.76. The zero-order valence-electron chi connectivity index (χ0n) is 6.85. The van der Waals surface area contributed by atoms with Crippen LogP contribution in [0.5, 0.6) is 0 Å². The Morgan fingerprint density at radius 2 is 2.45 bits per heavy atom. The number of likely N-dealkylation sites (tertiary alicyclic amines) is 1. The van der Waals surface area contributed by atoms with Crippen LogP contribution in [0.3, 0.4) is 0 Å². The Bertz CT molecular complexity index is 149. The molecule has 0 N–H and O–H groups in total. The zero-order valence-corrected chi connectivity index (χ0v) is 7.60. The molecule has 1 saturated heterocycles. The van der Waals surface area contributed by atoms with Gasteiger partial charge in [-0.15, -0.1) is 0 Å². The molecular formula is C8H14ClNO. The molecule has 3 heteroatoms. The summed E-state index contributed by atoms with van der Waals surface area (Å²) >= 11 is 5.28. The van der Waals surface area contributed by atoms with Crippen LogP contribution >= 0.6 is 11.6 Å². The van der Waals surface area contributed by atoms with Gasteiger partial charge in [-0.25, -0.2) is 0 Å². The zero-order chi connectivity index (χ0) is 8.27. The molecule has 2 nitrogen and oxygen atoms in total. The molecule has 0 radical (unpaired) electrons. The molecule has 1 fully saturated rings. The third kappa shape index (κ3) is 3.21. The highest BCUT2D eigenvalue weighted by atomic mass is 35.5. The summed E-state index contributed by atoms with van der Waals surface area (Å²) in [5, 5.41) is -0.237. The first kappa shape index (κ1) is 9.01. The van der Waals surface area contributed by atoms with Gasteiger partial charge < -0.3 is 0 Å². The van der Waals surface area contributed by atoms with Crippen molar-refractivity contribution in [2.75, 3.05) is 19.6 Å². The summed E-state index contributed by atoms with van der Waals surface area (Å²) in [6, 6.07) is 0. The van der Waals surface area contributed by atoms with Gasteiger partial charge >= 0.3 is 0 Å². The number of carbonyl (C=O) groups is 1. The predicted molar refractivity (Wildman–Crippen MR) is 45.7 cm³/mol. The van der Waals surface area contributed by atoms with Crippen molar-refractivity contribution in [3.05, 3.63) is 0 Å². The van der Waals surface area contributed by atoms with E-state index in [-0.39, 0.29) is 5.24 Å². The van der Waals surface area contributed by atoms with E-state index in [1.807, 2.05) is 0 Å². The molecule has 64 valence electrons. The second kappa shape index (κ2) is 4.07. The van der Waals surface area contributed by atoms with Gasteiger partial charge in [-0.2, -0.15) is 0 Å². The van der Waals surface area contributed by atoms with Gasteiger partial charge in [-0.05, 0) is 36.9 Å². The maximum absolute atomic E-state index is 10.5. The topological polar surface area (TPSA) is 20.3 Å². The van der Waals surface area contributed by atoms with Gasteiger partial charge in [0.1, 0.15) is 0 Å². The standard InChI is InChI=1S/C8H14ClNO/c1-7-3-2-4-10(5-7)6-8(9)11/h7H,2-6H2,1H3. The minimum atomic E-state index is -0.237. The minimum Gasteiger partial charge on any atom is -0.295 e. The fourth-order valence-corrected chi connectivity index (χ4v) is 1.78. The van der Waals surface area contributed by atoms with E-state index in [1.54, 1.807) is 0 Å². The average Bonchev–Trinajstić information content (AvgIpc) is 1.85. The number of nitrogens with zero attached hydrogens (tertiary/aromatic N) is 1. The number of carbonyl (C=O) groups excluding carboxylic acids is 1. The first-order valence-corrected chi connectivity index (χ1v) is 4.47. The molecule has 0 amide bonds. The highest BCUT2D eigenvalue weighted by Gasteiger charge is 2.17. The van der Waals surface area contributed by atoms with Crippen LogP contribution in [0.15, 0.2) is 0 Å². The molecule has 1 aliphatic heterocycles. The fourth-order valence-electron chi connectivity index (χ4n) is 1.61. The minimum absolute atomic E-state index is 0.237. The van der Waals surface area contributed by atoms with Crippen LogP contribution in [0.2, 0.25) is 0 Å². The molecule has 1 rings (SSSR count). The van der Waals surface area contributed by atoms with Gasteiger partial charge in [0.05, 0.1) is 6.54 Å². The molecule has 0 saturated carbocycles. The van der Waals surface area contributed by atoms with E-state index in [1.165, 1.54) is 12.8 Å². The summed E-state index contributed by atoms with van der Waals surface area (Å²) in [4.78, 5) is 12.7. The van der Waals surface area contributed by atoms with E-state index in [9.17, 15) is 4.79 Å². The Kier molecular flexibility index (Phi) is 3.34. The van der Waals surface area contributed by atoms with Crippen LogP contribution in [0.25, 0.3) is 0 Å². The monoisotopic (exact) mass is 175 g/mol. The molecule has 11 heavy (non-hydrogen) atoms. The Morgan fingerprint density at radius 3 is 3.00 bits per heavy atom. The lowest BCUT2D eigenvalue weighted by molar-refractivity contribution is -0.113. The summed E-state index contributed by atoms with van der Waals surface area (Å²) in [7, 11) is 0. The van der Waals surface area contributed by atoms with Crippen LogP contribution in [0.1, 0.15) is 19.8 Å². The van der Waals surface area contributed by atoms with Gasteiger partial charge in [0.25, 0.3) is 0 Å². The third-order valence-electron chi connectivity index (χ3n) is 2.09. The number of piperidine rings is 1. The number of hydrogen-bond donors (Lipinski definition) is 0. The first-order valence-electron chi connectivity index (χ1n) is 4.09. The van der Waals surface area contributed by atoms with Crippen molar-refractivity contribution >= 4 is 16.8 Å². The van der Waals surface area contributed by atoms with Crippen LogP contribution < -0.4 is 0 Å². The van der Waals surface area contributed by atoms with E-state index in [0.717, 1.165) is 19.0 Å². The predicted octanol–water partition coefficient (Wildman–Crippen LogP) is 1.48. The second-order valence-electron chi connectivity index (χ2n) is 3.34.